The smallest absolute Gasteiger partial charge is 0.325 e. The maximum absolute atomic E-state index is 13.1. The highest BCUT2D eigenvalue weighted by Crippen LogP contribution is 2.32. The Morgan fingerprint density at radius 2 is 1.53 bits per heavy atom. The monoisotopic (exact) mass is 410 g/mol. The van der Waals surface area contributed by atoms with Crippen LogP contribution in [-0.2, 0) is 17.5 Å². The molecule has 0 atom stereocenters. The van der Waals surface area contributed by atoms with Crippen LogP contribution >= 0.6 is 0 Å². The van der Waals surface area contributed by atoms with Gasteiger partial charge in [0.25, 0.3) is 5.91 Å². The lowest BCUT2D eigenvalue weighted by atomic mass is 10.00. The molecule has 4 rings (SSSR count). The predicted octanol–water partition coefficient (Wildman–Crippen LogP) is 4.97. The number of halogens is 3. The molecule has 0 saturated carbocycles. The van der Waals surface area contributed by atoms with Gasteiger partial charge in [-0.1, -0.05) is 48.5 Å². The quantitative estimate of drug-likeness (QED) is 0.663. The van der Waals surface area contributed by atoms with E-state index in [9.17, 15) is 22.8 Å². The molecule has 0 saturated heterocycles. The first-order valence-corrected chi connectivity index (χ1v) is 9.26. The number of nitrogens with zero attached hydrogens (tertiary/aromatic N) is 1. The minimum absolute atomic E-state index is 0.0853. The molecule has 0 fully saturated rings. The van der Waals surface area contributed by atoms with Crippen molar-refractivity contribution in [3.8, 4) is 11.1 Å². The van der Waals surface area contributed by atoms with E-state index < -0.39 is 11.7 Å². The number of hydrogen-bond donors (Lipinski definition) is 1. The molecule has 2 amide bonds. The second-order valence-electron chi connectivity index (χ2n) is 7.03. The van der Waals surface area contributed by atoms with Crippen molar-refractivity contribution in [3.05, 3.63) is 89.5 Å². The third-order valence-corrected chi connectivity index (χ3v) is 4.91. The lowest BCUT2D eigenvalue weighted by Gasteiger charge is -2.20. The van der Waals surface area contributed by atoms with Crippen LogP contribution in [-0.4, -0.2) is 23.3 Å². The Morgan fingerprint density at radius 3 is 2.20 bits per heavy atom. The summed E-state index contributed by atoms with van der Waals surface area (Å²) in [5.74, 6) is -0.624. The van der Waals surface area contributed by atoms with Gasteiger partial charge in [0.05, 0.1) is 16.8 Å². The second kappa shape index (κ2) is 7.67. The van der Waals surface area contributed by atoms with Crippen LogP contribution in [0.3, 0.4) is 0 Å². The number of carbonyl (C=O) groups excluding carboxylic acids is 2. The first kappa shape index (κ1) is 19.7. The number of alkyl halides is 3. The van der Waals surface area contributed by atoms with Gasteiger partial charge in [0.15, 0.2) is 0 Å². The summed E-state index contributed by atoms with van der Waals surface area (Å²) in [5.41, 5.74) is 1.97. The van der Waals surface area contributed by atoms with Gasteiger partial charge in [-0.05, 0) is 41.0 Å². The first-order chi connectivity index (χ1) is 14.3. The molecule has 7 heteroatoms. The van der Waals surface area contributed by atoms with Crippen LogP contribution in [0.15, 0.2) is 72.8 Å². The molecule has 3 aromatic rings. The van der Waals surface area contributed by atoms with Crippen LogP contribution in [0, 0.1) is 0 Å². The highest BCUT2D eigenvalue weighted by atomic mass is 19.4. The third kappa shape index (κ3) is 4.05. The molecule has 0 bridgehead atoms. The summed E-state index contributed by atoms with van der Waals surface area (Å²) in [4.78, 5) is 26.9. The zero-order valence-corrected chi connectivity index (χ0v) is 15.7. The maximum atomic E-state index is 13.1. The Labute approximate surface area is 170 Å². The number of amides is 2. The van der Waals surface area contributed by atoms with Crippen LogP contribution in [0.2, 0.25) is 0 Å². The fourth-order valence-corrected chi connectivity index (χ4v) is 3.40. The van der Waals surface area contributed by atoms with Crippen molar-refractivity contribution in [3.63, 3.8) is 0 Å². The van der Waals surface area contributed by atoms with Crippen LogP contribution in [0.4, 0.5) is 18.9 Å². The van der Waals surface area contributed by atoms with E-state index in [2.05, 4.69) is 5.32 Å². The van der Waals surface area contributed by atoms with Gasteiger partial charge in [0.1, 0.15) is 6.54 Å². The highest BCUT2D eigenvalue weighted by molar-refractivity contribution is 6.09. The summed E-state index contributed by atoms with van der Waals surface area (Å²) in [6, 6.07) is 18.9. The van der Waals surface area contributed by atoms with Gasteiger partial charge in [-0.15, -0.1) is 0 Å². The molecule has 30 heavy (non-hydrogen) atoms. The standard InChI is InChI=1S/C23H17F3N2O2/c24-23(25,26)18-9-6-16(7-10-18)17-8-11-20-19(12-17)22(30)28(14-21(29)27-20)13-15-4-2-1-3-5-15/h1-12H,13-14H2,(H,27,29). The molecular formula is C23H17F3N2O2. The zero-order valence-electron chi connectivity index (χ0n) is 15.7. The Balaban J connectivity index is 1.67. The number of fused-ring (bicyclic) bond motifs is 1. The summed E-state index contributed by atoms with van der Waals surface area (Å²) in [7, 11) is 0. The van der Waals surface area contributed by atoms with E-state index in [4.69, 9.17) is 0 Å². The molecular weight excluding hydrogens is 393 g/mol. The normalized spacial score (nSPS) is 14.2. The third-order valence-electron chi connectivity index (χ3n) is 4.91. The highest BCUT2D eigenvalue weighted by Gasteiger charge is 2.30. The van der Waals surface area contributed by atoms with E-state index in [1.54, 1.807) is 18.2 Å². The molecule has 1 N–H and O–H groups in total. The van der Waals surface area contributed by atoms with E-state index in [0.29, 0.717) is 22.4 Å². The summed E-state index contributed by atoms with van der Waals surface area (Å²) < 4.78 is 38.4. The van der Waals surface area contributed by atoms with Gasteiger partial charge in [0.2, 0.25) is 5.91 Å². The fourth-order valence-electron chi connectivity index (χ4n) is 3.40. The topological polar surface area (TPSA) is 49.4 Å². The minimum Gasteiger partial charge on any atom is -0.325 e. The van der Waals surface area contributed by atoms with Crippen LogP contribution in [0.1, 0.15) is 21.5 Å². The van der Waals surface area contributed by atoms with Crippen molar-refractivity contribution in [2.24, 2.45) is 0 Å². The average molecular weight is 410 g/mol. The molecule has 1 aliphatic heterocycles. The van der Waals surface area contributed by atoms with E-state index in [1.165, 1.54) is 17.0 Å². The van der Waals surface area contributed by atoms with Gasteiger partial charge in [-0.2, -0.15) is 13.2 Å². The Kier molecular flexibility index (Phi) is 5.03. The van der Waals surface area contributed by atoms with Crippen molar-refractivity contribution >= 4 is 17.5 Å². The molecule has 1 aliphatic rings. The van der Waals surface area contributed by atoms with Gasteiger partial charge < -0.3 is 10.2 Å². The zero-order chi connectivity index (χ0) is 21.3. The summed E-state index contributed by atoms with van der Waals surface area (Å²) in [5, 5.41) is 2.73. The summed E-state index contributed by atoms with van der Waals surface area (Å²) in [6.07, 6.45) is -4.41. The Bertz CT molecular complexity index is 1090. The second-order valence-corrected chi connectivity index (χ2v) is 7.03. The lowest BCUT2D eigenvalue weighted by molar-refractivity contribution is -0.137. The number of nitrogens with one attached hydrogen (secondary N) is 1. The van der Waals surface area contributed by atoms with Crippen LogP contribution in [0.5, 0.6) is 0 Å². The summed E-state index contributed by atoms with van der Waals surface area (Å²) in [6.45, 7) is 0.190. The predicted molar refractivity (Wildman–Crippen MR) is 107 cm³/mol. The lowest BCUT2D eigenvalue weighted by Crippen LogP contribution is -2.34. The molecule has 0 aliphatic carbocycles. The molecule has 0 radical (unpaired) electrons. The fraction of sp³-hybridized carbons (Fsp3) is 0.130. The van der Waals surface area contributed by atoms with Gasteiger partial charge in [-0.25, -0.2) is 0 Å². The molecule has 152 valence electrons. The van der Waals surface area contributed by atoms with E-state index in [-0.39, 0.29) is 24.9 Å². The first-order valence-electron chi connectivity index (χ1n) is 9.26. The van der Waals surface area contributed by atoms with Crippen molar-refractivity contribution in [1.82, 2.24) is 4.90 Å². The van der Waals surface area contributed by atoms with E-state index >= 15 is 0 Å². The molecule has 0 aromatic heterocycles. The molecule has 3 aromatic carbocycles. The van der Waals surface area contributed by atoms with Crippen molar-refractivity contribution in [2.75, 3.05) is 11.9 Å². The largest absolute Gasteiger partial charge is 0.416 e. The summed E-state index contributed by atoms with van der Waals surface area (Å²) >= 11 is 0. The van der Waals surface area contributed by atoms with Crippen LogP contribution in [0.25, 0.3) is 11.1 Å². The number of hydrogen-bond acceptors (Lipinski definition) is 2. The van der Waals surface area contributed by atoms with Crippen molar-refractivity contribution < 1.29 is 22.8 Å². The van der Waals surface area contributed by atoms with Gasteiger partial charge in [0, 0.05) is 6.54 Å². The number of benzene rings is 3. The molecule has 1 heterocycles. The molecule has 0 unspecified atom stereocenters. The van der Waals surface area contributed by atoms with E-state index in [1.807, 2.05) is 30.3 Å². The van der Waals surface area contributed by atoms with Crippen molar-refractivity contribution in [2.45, 2.75) is 12.7 Å². The van der Waals surface area contributed by atoms with E-state index in [0.717, 1.165) is 17.7 Å². The van der Waals surface area contributed by atoms with Crippen LogP contribution < -0.4 is 5.32 Å². The Hall–Kier alpha value is -3.61. The maximum Gasteiger partial charge on any atom is 0.416 e. The average Bonchev–Trinajstić information content (AvgIpc) is 2.84. The SMILES string of the molecule is O=C1CN(Cc2ccccc2)C(=O)c2cc(-c3ccc(C(F)(F)F)cc3)ccc2N1. The van der Waals surface area contributed by atoms with Crippen molar-refractivity contribution in [1.29, 1.82) is 0 Å². The molecule has 0 spiro atoms. The number of carbonyl (C=O) groups is 2. The number of rotatable bonds is 3. The van der Waals surface area contributed by atoms with Gasteiger partial charge >= 0.3 is 6.18 Å². The van der Waals surface area contributed by atoms with Gasteiger partial charge in [-0.3, -0.25) is 9.59 Å². The Morgan fingerprint density at radius 1 is 0.867 bits per heavy atom. The number of anilines is 1. The minimum atomic E-state index is -4.41. The molecule has 4 nitrogen and oxygen atoms in total.